The maximum absolute atomic E-state index is 13.2. The molecule has 1 heterocycles. The molecule has 4 unspecified atom stereocenters. The summed E-state index contributed by atoms with van der Waals surface area (Å²) < 4.78 is 25.4. The average Bonchev–Trinajstić information content (AvgIpc) is 2.73. The monoisotopic (exact) mass is 380 g/mol. The van der Waals surface area contributed by atoms with Crippen LogP contribution in [0, 0.1) is 17.7 Å². The molecule has 0 saturated heterocycles. The van der Waals surface area contributed by atoms with Crippen molar-refractivity contribution in [2.75, 3.05) is 0 Å². The molecule has 4 heteroatoms. The standard InChI is InChI=1S/C24H25FO3/c1-2-17-12-20-23(13-22(17)27-14-16-6-4-3-5-7-16)28-15-21(24(20)26)18-8-10-19(25)11-9-18/h3-11,15,17,20,22-23H,2,12-14H2,1H3. The van der Waals surface area contributed by atoms with E-state index in [-0.39, 0.29) is 29.7 Å². The van der Waals surface area contributed by atoms with Crippen LogP contribution in [0.15, 0.2) is 60.9 Å². The second kappa shape index (κ2) is 8.27. The van der Waals surface area contributed by atoms with E-state index in [1.807, 2.05) is 18.2 Å². The van der Waals surface area contributed by atoms with E-state index in [9.17, 15) is 9.18 Å². The summed E-state index contributed by atoms with van der Waals surface area (Å²) in [6.07, 6.45) is 3.93. The van der Waals surface area contributed by atoms with Crippen molar-refractivity contribution >= 4 is 11.4 Å². The lowest BCUT2D eigenvalue weighted by atomic mass is 9.72. The summed E-state index contributed by atoms with van der Waals surface area (Å²) >= 11 is 0. The minimum Gasteiger partial charge on any atom is -0.496 e. The van der Waals surface area contributed by atoms with Gasteiger partial charge >= 0.3 is 0 Å². The highest BCUT2D eigenvalue weighted by molar-refractivity contribution is 6.22. The predicted octanol–water partition coefficient (Wildman–Crippen LogP) is 5.16. The van der Waals surface area contributed by atoms with E-state index >= 15 is 0 Å². The van der Waals surface area contributed by atoms with Crippen LogP contribution >= 0.6 is 0 Å². The fraction of sp³-hybridized carbons (Fsp3) is 0.375. The van der Waals surface area contributed by atoms with Crippen LogP contribution in [0.25, 0.3) is 5.57 Å². The molecule has 3 nitrogen and oxygen atoms in total. The lowest BCUT2D eigenvalue weighted by molar-refractivity contribution is -0.133. The zero-order chi connectivity index (χ0) is 19.5. The number of carbonyl (C=O) groups is 1. The van der Waals surface area contributed by atoms with Crippen LogP contribution < -0.4 is 0 Å². The number of allylic oxidation sites excluding steroid dienone is 1. The molecule has 1 aliphatic heterocycles. The topological polar surface area (TPSA) is 35.5 Å². The van der Waals surface area contributed by atoms with E-state index in [4.69, 9.17) is 9.47 Å². The Morgan fingerprint density at radius 3 is 2.54 bits per heavy atom. The smallest absolute Gasteiger partial charge is 0.173 e. The van der Waals surface area contributed by atoms with Gasteiger partial charge in [0, 0.05) is 6.42 Å². The van der Waals surface area contributed by atoms with Gasteiger partial charge in [-0.25, -0.2) is 4.39 Å². The van der Waals surface area contributed by atoms with Crippen molar-refractivity contribution in [1.29, 1.82) is 0 Å². The van der Waals surface area contributed by atoms with Crippen molar-refractivity contribution < 1.29 is 18.7 Å². The molecule has 0 radical (unpaired) electrons. The van der Waals surface area contributed by atoms with Crippen LogP contribution in [0.2, 0.25) is 0 Å². The summed E-state index contributed by atoms with van der Waals surface area (Å²) in [5.41, 5.74) is 2.40. The van der Waals surface area contributed by atoms with E-state index in [1.54, 1.807) is 18.4 Å². The molecule has 146 valence electrons. The third-order valence-corrected chi connectivity index (χ3v) is 5.95. The highest BCUT2D eigenvalue weighted by Gasteiger charge is 2.44. The van der Waals surface area contributed by atoms with Crippen molar-refractivity contribution in [3.63, 3.8) is 0 Å². The molecule has 4 atom stereocenters. The molecule has 1 fully saturated rings. The first-order valence-electron chi connectivity index (χ1n) is 9.97. The molecule has 1 aliphatic carbocycles. The summed E-state index contributed by atoms with van der Waals surface area (Å²) in [4.78, 5) is 13.1. The minimum absolute atomic E-state index is 0.0834. The third kappa shape index (κ3) is 3.88. The number of Topliss-reactive ketones (excluding diaryl/α,β-unsaturated/α-hetero) is 1. The van der Waals surface area contributed by atoms with Crippen LogP contribution in [0.4, 0.5) is 4.39 Å². The highest BCUT2D eigenvalue weighted by Crippen LogP contribution is 2.41. The Morgan fingerprint density at radius 1 is 1.07 bits per heavy atom. The normalized spacial score (nSPS) is 26.9. The van der Waals surface area contributed by atoms with Crippen LogP contribution in [-0.4, -0.2) is 18.0 Å². The lowest BCUT2D eigenvalue weighted by Crippen LogP contribution is -2.45. The van der Waals surface area contributed by atoms with Crippen molar-refractivity contribution in [1.82, 2.24) is 0 Å². The van der Waals surface area contributed by atoms with Gasteiger partial charge < -0.3 is 9.47 Å². The summed E-state index contributed by atoms with van der Waals surface area (Å²) in [7, 11) is 0. The molecular weight excluding hydrogens is 355 g/mol. The van der Waals surface area contributed by atoms with Gasteiger partial charge in [-0.1, -0.05) is 55.8 Å². The van der Waals surface area contributed by atoms with Gasteiger partial charge in [-0.15, -0.1) is 0 Å². The van der Waals surface area contributed by atoms with Crippen LogP contribution in [0.3, 0.4) is 0 Å². The first-order valence-corrected chi connectivity index (χ1v) is 9.97. The fourth-order valence-corrected chi connectivity index (χ4v) is 4.31. The van der Waals surface area contributed by atoms with Gasteiger partial charge in [0.25, 0.3) is 0 Å². The van der Waals surface area contributed by atoms with Gasteiger partial charge in [-0.2, -0.15) is 0 Å². The largest absolute Gasteiger partial charge is 0.496 e. The van der Waals surface area contributed by atoms with E-state index in [0.717, 1.165) is 24.8 Å². The molecule has 4 rings (SSSR count). The number of ketones is 1. The van der Waals surface area contributed by atoms with E-state index < -0.39 is 0 Å². The summed E-state index contributed by atoms with van der Waals surface area (Å²) in [5, 5.41) is 0. The Hall–Kier alpha value is -2.46. The zero-order valence-electron chi connectivity index (χ0n) is 16.0. The van der Waals surface area contributed by atoms with Crippen LogP contribution in [0.5, 0.6) is 0 Å². The van der Waals surface area contributed by atoms with Gasteiger partial charge in [0.2, 0.25) is 0 Å². The molecule has 2 aliphatic rings. The number of fused-ring (bicyclic) bond motifs is 1. The Labute approximate surface area is 165 Å². The van der Waals surface area contributed by atoms with Gasteiger partial charge in [0.15, 0.2) is 5.78 Å². The quantitative estimate of drug-likeness (QED) is 0.719. The highest BCUT2D eigenvalue weighted by atomic mass is 19.1. The average molecular weight is 380 g/mol. The van der Waals surface area contributed by atoms with Crippen LogP contribution in [-0.2, 0) is 20.9 Å². The Balaban J connectivity index is 1.47. The number of hydrogen-bond donors (Lipinski definition) is 0. The van der Waals surface area contributed by atoms with Crippen molar-refractivity contribution in [3.05, 3.63) is 77.8 Å². The SMILES string of the molecule is CCC1CC2C(=O)C(c3ccc(F)cc3)=COC2CC1OCc1ccccc1. The van der Waals surface area contributed by atoms with E-state index in [0.29, 0.717) is 23.7 Å². The summed E-state index contributed by atoms with van der Waals surface area (Å²) in [5.74, 6) is -0.0481. The number of carbonyl (C=O) groups excluding carboxylic acids is 1. The van der Waals surface area contributed by atoms with E-state index in [1.165, 1.54) is 12.1 Å². The molecule has 1 saturated carbocycles. The van der Waals surface area contributed by atoms with Gasteiger partial charge in [-0.3, -0.25) is 4.79 Å². The van der Waals surface area contributed by atoms with Gasteiger partial charge in [0.05, 0.1) is 30.5 Å². The number of hydrogen-bond acceptors (Lipinski definition) is 3. The molecule has 2 aromatic rings. The predicted molar refractivity (Wildman–Crippen MR) is 106 cm³/mol. The maximum Gasteiger partial charge on any atom is 0.173 e. The second-order valence-corrected chi connectivity index (χ2v) is 7.66. The molecule has 28 heavy (non-hydrogen) atoms. The lowest BCUT2D eigenvalue weighted by Gasteiger charge is -2.42. The van der Waals surface area contributed by atoms with Crippen molar-refractivity contribution in [2.45, 2.75) is 45.0 Å². The first-order chi connectivity index (χ1) is 13.7. The van der Waals surface area contributed by atoms with E-state index in [2.05, 4.69) is 19.1 Å². The first kappa shape index (κ1) is 18.9. The Morgan fingerprint density at radius 2 is 1.82 bits per heavy atom. The fourth-order valence-electron chi connectivity index (χ4n) is 4.31. The number of benzene rings is 2. The number of ether oxygens (including phenoxy) is 2. The second-order valence-electron chi connectivity index (χ2n) is 7.66. The Kier molecular flexibility index (Phi) is 5.58. The zero-order valence-corrected chi connectivity index (χ0v) is 16.0. The molecule has 0 aromatic heterocycles. The number of rotatable bonds is 5. The van der Waals surface area contributed by atoms with Crippen molar-refractivity contribution in [2.24, 2.45) is 11.8 Å². The maximum atomic E-state index is 13.2. The van der Waals surface area contributed by atoms with Crippen molar-refractivity contribution in [3.8, 4) is 0 Å². The Bertz CT molecular complexity index is 844. The van der Waals surface area contributed by atoms with Gasteiger partial charge in [0.1, 0.15) is 11.9 Å². The summed E-state index contributed by atoms with van der Waals surface area (Å²) in [6, 6.07) is 16.2. The minimum atomic E-state index is -0.312. The number of halogens is 1. The molecular formula is C24H25FO3. The molecule has 2 aromatic carbocycles. The van der Waals surface area contributed by atoms with Crippen LogP contribution in [0.1, 0.15) is 37.3 Å². The molecule has 0 N–H and O–H groups in total. The molecule has 0 bridgehead atoms. The molecule has 0 spiro atoms. The summed E-state index contributed by atoms with van der Waals surface area (Å²) in [6.45, 7) is 2.72. The van der Waals surface area contributed by atoms with Gasteiger partial charge in [-0.05, 0) is 35.6 Å². The third-order valence-electron chi connectivity index (χ3n) is 5.95. The molecule has 0 amide bonds.